The van der Waals surface area contributed by atoms with Gasteiger partial charge in [0.15, 0.2) is 0 Å². The number of nitrogens with one attached hydrogen (secondary N) is 2. The number of anilines is 1. The molecule has 0 unspecified atom stereocenters. The van der Waals surface area contributed by atoms with Crippen molar-refractivity contribution in [1.82, 2.24) is 5.32 Å². The Labute approximate surface area is 110 Å². The molecule has 0 aliphatic rings. The fraction of sp³-hybridized carbons (Fsp3) is 0.462. The molecule has 0 bridgehead atoms. The quantitative estimate of drug-likeness (QED) is 0.783. The molecule has 0 radical (unpaired) electrons. The summed E-state index contributed by atoms with van der Waals surface area (Å²) in [6.07, 6.45) is -3.08. The lowest BCUT2D eigenvalue weighted by Gasteiger charge is -2.09. The van der Waals surface area contributed by atoms with Crippen LogP contribution in [0.2, 0.25) is 0 Å². The van der Waals surface area contributed by atoms with Gasteiger partial charge in [-0.05, 0) is 37.2 Å². The van der Waals surface area contributed by atoms with Crippen molar-refractivity contribution in [2.45, 2.75) is 25.9 Å². The maximum atomic E-state index is 12.3. The molecule has 1 aromatic carbocycles. The lowest BCUT2D eigenvalue weighted by Crippen LogP contribution is -2.22. The van der Waals surface area contributed by atoms with E-state index in [9.17, 15) is 18.0 Å². The molecular formula is C13H17F3N2O. The lowest BCUT2D eigenvalue weighted by atomic mass is 10.2. The molecule has 0 saturated carbocycles. The predicted molar refractivity (Wildman–Crippen MR) is 67.9 cm³/mol. The van der Waals surface area contributed by atoms with E-state index in [-0.39, 0.29) is 5.91 Å². The maximum Gasteiger partial charge on any atom is 0.416 e. The molecule has 106 valence electrons. The van der Waals surface area contributed by atoms with Crippen LogP contribution in [-0.2, 0) is 11.0 Å². The Kier molecular flexibility index (Phi) is 5.82. The average Bonchev–Trinajstić information content (AvgIpc) is 2.34. The van der Waals surface area contributed by atoms with Gasteiger partial charge in [-0.1, -0.05) is 6.92 Å². The van der Waals surface area contributed by atoms with E-state index in [1.54, 1.807) is 0 Å². The minimum atomic E-state index is -4.35. The van der Waals surface area contributed by atoms with E-state index in [1.165, 1.54) is 12.1 Å². The zero-order chi connectivity index (χ0) is 14.3. The predicted octanol–water partition coefficient (Wildman–Crippen LogP) is 3.03. The highest BCUT2D eigenvalue weighted by Crippen LogP contribution is 2.29. The van der Waals surface area contributed by atoms with E-state index in [0.29, 0.717) is 18.7 Å². The van der Waals surface area contributed by atoms with E-state index in [1.807, 2.05) is 6.92 Å². The number of halogens is 3. The van der Waals surface area contributed by atoms with Gasteiger partial charge in [0, 0.05) is 18.7 Å². The molecule has 1 aromatic rings. The highest BCUT2D eigenvalue weighted by atomic mass is 19.4. The van der Waals surface area contributed by atoms with E-state index in [2.05, 4.69) is 10.6 Å². The zero-order valence-corrected chi connectivity index (χ0v) is 10.7. The minimum Gasteiger partial charge on any atom is -0.326 e. The van der Waals surface area contributed by atoms with Crippen LogP contribution in [0.5, 0.6) is 0 Å². The van der Waals surface area contributed by atoms with Crippen molar-refractivity contribution in [2.75, 3.05) is 18.4 Å². The SMILES string of the molecule is CCCNCCC(=O)Nc1ccc(C(F)(F)F)cc1. The second-order valence-corrected chi connectivity index (χ2v) is 4.12. The summed E-state index contributed by atoms with van der Waals surface area (Å²) in [5.41, 5.74) is -0.358. The van der Waals surface area contributed by atoms with Gasteiger partial charge in [0.05, 0.1) is 5.56 Å². The summed E-state index contributed by atoms with van der Waals surface area (Å²) in [5, 5.41) is 5.62. The van der Waals surface area contributed by atoms with Crippen LogP contribution in [-0.4, -0.2) is 19.0 Å². The third-order valence-electron chi connectivity index (χ3n) is 2.45. The van der Waals surface area contributed by atoms with Crippen LogP contribution in [0.1, 0.15) is 25.3 Å². The third-order valence-corrected chi connectivity index (χ3v) is 2.45. The van der Waals surface area contributed by atoms with Crippen molar-refractivity contribution in [2.24, 2.45) is 0 Å². The summed E-state index contributed by atoms with van der Waals surface area (Å²) in [6.45, 7) is 3.42. The molecule has 0 fully saturated rings. The van der Waals surface area contributed by atoms with Crippen LogP contribution in [0.4, 0.5) is 18.9 Å². The first kappa shape index (κ1) is 15.5. The van der Waals surface area contributed by atoms with E-state index >= 15 is 0 Å². The first-order valence-electron chi connectivity index (χ1n) is 6.11. The van der Waals surface area contributed by atoms with Crippen LogP contribution in [0.3, 0.4) is 0 Å². The average molecular weight is 274 g/mol. The molecule has 2 N–H and O–H groups in total. The standard InChI is InChI=1S/C13H17F3N2O/c1-2-8-17-9-7-12(19)18-11-5-3-10(4-6-11)13(14,15)16/h3-6,17H,2,7-9H2,1H3,(H,18,19). The van der Waals surface area contributed by atoms with Gasteiger partial charge in [-0.15, -0.1) is 0 Å². The van der Waals surface area contributed by atoms with E-state index < -0.39 is 11.7 Å². The number of carbonyl (C=O) groups excluding carboxylic acids is 1. The van der Waals surface area contributed by atoms with Crippen LogP contribution in [0.15, 0.2) is 24.3 Å². The monoisotopic (exact) mass is 274 g/mol. The molecule has 1 amide bonds. The normalized spacial score (nSPS) is 11.4. The number of benzene rings is 1. The molecule has 0 saturated heterocycles. The Morgan fingerprint density at radius 1 is 1.16 bits per heavy atom. The van der Waals surface area contributed by atoms with Crippen molar-refractivity contribution in [3.05, 3.63) is 29.8 Å². The van der Waals surface area contributed by atoms with Crippen molar-refractivity contribution in [3.63, 3.8) is 0 Å². The van der Waals surface area contributed by atoms with Gasteiger partial charge < -0.3 is 10.6 Å². The van der Waals surface area contributed by atoms with Gasteiger partial charge in [0.1, 0.15) is 0 Å². The van der Waals surface area contributed by atoms with Crippen molar-refractivity contribution >= 4 is 11.6 Å². The Balaban J connectivity index is 2.43. The molecule has 6 heteroatoms. The Hall–Kier alpha value is -1.56. The molecule has 3 nitrogen and oxygen atoms in total. The molecule has 0 spiro atoms. The maximum absolute atomic E-state index is 12.3. The van der Waals surface area contributed by atoms with Crippen molar-refractivity contribution in [1.29, 1.82) is 0 Å². The van der Waals surface area contributed by atoms with Gasteiger partial charge in [-0.2, -0.15) is 13.2 Å². The largest absolute Gasteiger partial charge is 0.416 e. The second kappa shape index (κ2) is 7.13. The van der Waals surface area contributed by atoms with Crippen LogP contribution in [0.25, 0.3) is 0 Å². The molecule has 0 heterocycles. The fourth-order valence-electron chi connectivity index (χ4n) is 1.47. The van der Waals surface area contributed by atoms with Crippen molar-refractivity contribution < 1.29 is 18.0 Å². The van der Waals surface area contributed by atoms with E-state index in [4.69, 9.17) is 0 Å². The zero-order valence-electron chi connectivity index (χ0n) is 10.7. The molecule has 0 aliphatic heterocycles. The topological polar surface area (TPSA) is 41.1 Å². The Morgan fingerprint density at radius 3 is 2.32 bits per heavy atom. The molecular weight excluding hydrogens is 257 g/mol. The number of amides is 1. The van der Waals surface area contributed by atoms with Crippen LogP contribution < -0.4 is 10.6 Å². The molecule has 1 rings (SSSR count). The number of rotatable bonds is 6. The van der Waals surface area contributed by atoms with Crippen LogP contribution >= 0.6 is 0 Å². The van der Waals surface area contributed by atoms with Gasteiger partial charge in [-0.3, -0.25) is 4.79 Å². The van der Waals surface area contributed by atoms with Crippen molar-refractivity contribution in [3.8, 4) is 0 Å². The Morgan fingerprint density at radius 2 is 1.79 bits per heavy atom. The molecule has 0 aromatic heterocycles. The summed E-state index contributed by atoms with van der Waals surface area (Å²) >= 11 is 0. The van der Waals surface area contributed by atoms with Crippen LogP contribution in [0, 0.1) is 0 Å². The number of alkyl halides is 3. The van der Waals surface area contributed by atoms with Gasteiger partial charge in [-0.25, -0.2) is 0 Å². The summed E-state index contributed by atoms with van der Waals surface area (Å²) in [7, 11) is 0. The fourth-order valence-corrected chi connectivity index (χ4v) is 1.47. The second-order valence-electron chi connectivity index (χ2n) is 4.12. The van der Waals surface area contributed by atoms with Gasteiger partial charge >= 0.3 is 6.18 Å². The first-order valence-corrected chi connectivity index (χ1v) is 6.11. The molecule has 0 aliphatic carbocycles. The molecule has 19 heavy (non-hydrogen) atoms. The number of hydrogen-bond acceptors (Lipinski definition) is 2. The summed E-state index contributed by atoms with van der Waals surface area (Å²) in [4.78, 5) is 11.5. The smallest absolute Gasteiger partial charge is 0.326 e. The molecule has 0 atom stereocenters. The lowest BCUT2D eigenvalue weighted by molar-refractivity contribution is -0.137. The third kappa shape index (κ3) is 5.74. The van der Waals surface area contributed by atoms with Gasteiger partial charge in [0.2, 0.25) is 5.91 Å². The summed E-state index contributed by atoms with van der Waals surface area (Å²) in [6, 6.07) is 4.40. The summed E-state index contributed by atoms with van der Waals surface area (Å²) in [5.74, 6) is -0.219. The minimum absolute atomic E-state index is 0.219. The highest BCUT2D eigenvalue weighted by molar-refractivity contribution is 5.90. The van der Waals surface area contributed by atoms with E-state index in [0.717, 1.165) is 25.1 Å². The highest BCUT2D eigenvalue weighted by Gasteiger charge is 2.29. The number of hydrogen-bond donors (Lipinski definition) is 2. The van der Waals surface area contributed by atoms with Gasteiger partial charge in [0.25, 0.3) is 0 Å². The Bertz CT molecular complexity index is 401. The summed E-state index contributed by atoms with van der Waals surface area (Å²) < 4.78 is 37.0. The number of carbonyl (C=O) groups is 1. The first-order chi connectivity index (χ1) is 8.93.